The summed E-state index contributed by atoms with van der Waals surface area (Å²) < 4.78 is 5.21. The van der Waals surface area contributed by atoms with Crippen molar-refractivity contribution in [2.75, 3.05) is 12.8 Å². The van der Waals surface area contributed by atoms with Gasteiger partial charge in [0.2, 0.25) is 11.8 Å². The number of hydrogen-bond acceptors (Lipinski definition) is 6. The molecule has 4 rings (SSSR count). The number of aromatic nitrogens is 2. The molecule has 1 aromatic carbocycles. The Hall–Kier alpha value is -1.86. The van der Waals surface area contributed by atoms with Gasteiger partial charge in [-0.25, -0.2) is 0 Å². The maximum Gasteiger partial charge on any atom is 0.246 e. The maximum atomic E-state index is 12.8. The molecule has 6 nitrogen and oxygen atoms in total. The van der Waals surface area contributed by atoms with E-state index in [1.807, 2.05) is 12.3 Å². The zero-order chi connectivity index (χ0) is 17.9. The molecule has 3 heterocycles. The van der Waals surface area contributed by atoms with Crippen molar-refractivity contribution in [3.05, 3.63) is 47.6 Å². The molecule has 2 saturated heterocycles. The Morgan fingerprint density at radius 3 is 3.04 bits per heavy atom. The third-order valence-electron chi connectivity index (χ3n) is 5.40. The summed E-state index contributed by atoms with van der Waals surface area (Å²) in [5.74, 6) is 1.99. The fourth-order valence-corrected chi connectivity index (χ4v) is 4.67. The van der Waals surface area contributed by atoms with Gasteiger partial charge in [-0.15, -0.1) is 0 Å². The van der Waals surface area contributed by atoms with Crippen molar-refractivity contribution in [2.24, 2.45) is 5.92 Å². The fraction of sp³-hybridized carbons (Fsp3) is 0.526. The Labute approximate surface area is 157 Å². The first-order chi connectivity index (χ1) is 12.8. The topological polar surface area (TPSA) is 71.3 Å². The maximum absolute atomic E-state index is 12.8. The third kappa shape index (κ3) is 3.50. The van der Waals surface area contributed by atoms with Crippen LogP contribution in [0.2, 0.25) is 0 Å². The molecule has 0 spiro atoms. The standard InChI is InChI=1S/C19H24N4O2S/c1-26-12-17-21-18(25-22-17)11-20-19(24)14-10-16(13-6-3-2-4-7-13)23-9-5-8-15(14)23/h2-4,6-7,14-16H,5,8-12H2,1H3,(H,20,24)/t14-,15+,16-/m0/s1. The van der Waals surface area contributed by atoms with Crippen LogP contribution < -0.4 is 5.32 Å². The monoisotopic (exact) mass is 372 g/mol. The summed E-state index contributed by atoms with van der Waals surface area (Å²) >= 11 is 1.64. The van der Waals surface area contributed by atoms with Crippen molar-refractivity contribution in [1.29, 1.82) is 0 Å². The number of thioether (sulfide) groups is 1. The molecule has 0 aliphatic carbocycles. The quantitative estimate of drug-likeness (QED) is 0.841. The minimum atomic E-state index is 0.0243. The summed E-state index contributed by atoms with van der Waals surface area (Å²) in [5, 5.41) is 6.93. The number of benzene rings is 1. The highest BCUT2D eigenvalue weighted by Gasteiger charge is 2.46. The molecule has 138 valence electrons. The third-order valence-corrected chi connectivity index (χ3v) is 5.95. The van der Waals surface area contributed by atoms with E-state index < -0.39 is 0 Å². The fourth-order valence-electron chi connectivity index (χ4n) is 4.29. The normalized spacial score (nSPS) is 25.3. The zero-order valence-electron chi connectivity index (χ0n) is 14.9. The second kappa shape index (κ2) is 7.80. The molecule has 1 N–H and O–H groups in total. The minimum absolute atomic E-state index is 0.0243. The van der Waals surface area contributed by atoms with Crippen molar-refractivity contribution < 1.29 is 9.32 Å². The van der Waals surface area contributed by atoms with E-state index in [-0.39, 0.29) is 11.8 Å². The van der Waals surface area contributed by atoms with Gasteiger partial charge in [-0.3, -0.25) is 9.69 Å². The van der Waals surface area contributed by atoms with E-state index in [0.29, 0.717) is 30.3 Å². The molecule has 0 unspecified atom stereocenters. The van der Waals surface area contributed by atoms with Crippen LogP contribution in [0, 0.1) is 5.92 Å². The molecular formula is C19H24N4O2S. The summed E-state index contributed by atoms with van der Waals surface area (Å²) in [6, 6.07) is 11.2. The molecule has 2 aliphatic rings. The van der Waals surface area contributed by atoms with E-state index >= 15 is 0 Å². The minimum Gasteiger partial charge on any atom is -0.347 e. The van der Waals surface area contributed by atoms with Crippen LogP contribution in [-0.4, -0.2) is 39.8 Å². The van der Waals surface area contributed by atoms with Gasteiger partial charge in [-0.2, -0.15) is 16.7 Å². The first-order valence-electron chi connectivity index (χ1n) is 9.15. The lowest BCUT2D eigenvalue weighted by Crippen LogP contribution is -2.37. The van der Waals surface area contributed by atoms with Crippen LogP contribution in [-0.2, 0) is 17.1 Å². The smallest absolute Gasteiger partial charge is 0.246 e. The average Bonchev–Trinajstić information content (AvgIpc) is 3.37. The predicted octanol–water partition coefficient (Wildman–Crippen LogP) is 2.77. The number of amides is 1. The van der Waals surface area contributed by atoms with Gasteiger partial charge in [0.05, 0.1) is 18.2 Å². The van der Waals surface area contributed by atoms with Crippen molar-refractivity contribution in [1.82, 2.24) is 20.4 Å². The molecule has 0 bridgehead atoms. The Balaban J connectivity index is 1.41. The lowest BCUT2D eigenvalue weighted by atomic mass is 9.93. The van der Waals surface area contributed by atoms with E-state index in [2.05, 4.69) is 44.6 Å². The summed E-state index contributed by atoms with van der Waals surface area (Å²) in [6.07, 6.45) is 5.13. The van der Waals surface area contributed by atoms with Gasteiger partial charge in [0.15, 0.2) is 5.82 Å². The second-order valence-electron chi connectivity index (χ2n) is 6.97. The van der Waals surface area contributed by atoms with Crippen molar-refractivity contribution >= 4 is 17.7 Å². The van der Waals surface area contributed by atoms with E-state index in [0.717, 1.165) is 25.1 Å². The predicted molar refractivity (Wildman–Crippen MR) is 100 cm³/mol. The van der Waals surface area contributed by atoms with Gasteiger partial charge in [-0.05, 0) is 37.6 Å². The van der Waals surface area contributed by atoms with Crippen LogP contribution >= 0.6 is 11.8 Å². The number of carbonyl (C=O) groups is 1. The molecule has 3 atom stereocenters. The largest absolute Gasteiger partial charge is 0.347 e. The number of rotatable bonds is 6. The summed E-state index contributed by atoms with van der Waals surface area (Å²) in [4.78, 5) is 19.7. The highest BCUT2D eigenvalue weighted by molar-refractivity contribution is 7.97. The van der Waals surface area contributed by atoms with Crippen LogP contribution in [0.25, 0.3) is 0 Å². The molecule has 2 aliphatic heterocycles. The van der Waals surface area contributed by atoms with Crippen molar-refractivity contribution in [3.8, 4) is 0 Å². The molecule has 7 heteroatoms. The summed E-state index contributed by atoms with van der Waals surface area (Å²) in [5.41, 5.74) is 1.31. The molecule has 0 saturated carbocycles. The first kappa shape index (κ1) is 17.5. The Bertz CT molecular complexity index is 751. The van der Waals surface area contributed by atoms with Crippen molar-refractivity contribution in [3.63, 3.8) is 0 Å². The number of nitrogens with zero attached hydrogens (tertiary/aromatic N) is 3. The van der Waals surface area contributed by atoms with Crippen LogP contribution in [0.1, 0.15) is 42.6 Å². The van der Waals surface area contributed by atoms with Crippen molar-refractivity contribution in [2.45, 2.75) is 43.6 Å². The van der Waals surface area contributed by atoms with Gasteiger partial charge in [-0.1, -0.05) is 35.5 Å². The SMILES string of the molecule is CSCc1noc(CNC(=O)[C@H]2C[C@@H](c3ccccc3)N3CCC[C@H]23)n1. The molecule has 0 radical (unpaired) electrons. The van der Waals surface area contributed by atoms with Crippen LogP contribution in [0.5, 0.6) is 0 Å². The molecule has 2 aromatic rings. The van der Waals surface area contributed by atoms with Crippen LogP contribution in [0.15, 0.2) is 34.9 Å². The highest BCUT2D eigenvalue weighted by atomic mass is 32.2. The van der Waals surface area contributed by atoms with Gasteiger partial charge >= 0.3 is 0 Å². The highest BCUT2D eigenvalue weighted by Crippen LogP contribution is 2.44. The van der Waals surface area contributed by atoms with E-state index in [9.17, 15) is 4.79 Å². The van der Waals surface area contributed by atoms with Gasteiger partial charge < -0.3 is 9.84 Å². The molecule has 1 aromatic heterocycles. The van der Waals surface area contributed by atoms with Crippen LogP contribution in [0.4, 0.5) is 0 Å². The Morgan fingerprint density at radius 1 is 1.38 bits per heavy atom. The molecule has 2 fully saturated rings. The number of fused-ring (bicyclic) bond motifs is 1. The van der Waals surface area contributed by atoms with Gasteiger partial charge in [0, 0.05) is 12.1 Å². The lowest BCUT2D eigenvalue weighted by Gasteiger charge is -2.24. The van der Waals surface area contributed by atoms with E-state index in [1.54, 1.807) is 11.8 Å². The van der Waals surface area contributed by atoms with E-state index in [4.69, 9.17) is 4.52 Å². The number of hydrogen-bond donors (Lipinski definition) is 1. The Morgan fingerprint density at radius 2 is 2.23 bits per heavy atom. The van der Waals surface area contributed by atoms with E-state index in [1.165, 1.54) is 12.0 Å². The lowest BCUT2D eigenvalue weighted by molar-refractivity contribution is -0.125. The first-order valence-corrected chi connectivity index (χ1v) is 10.5. The molecular weight excluding hydrogens is 348 g/mol. The van der Waals surface area contributed by atoms with Gasteiger partial charge in [0.1, 0.15) is 0 Å². The van der Waals surface area contributed by atoms with Gasteiger partial charge in [0.25, 0.3) is 0 Å². The zero-order valence-corrected chi connectivity index (χ0v) is 15.7. The number of carbonyl (C=O) groups excluding carboxylic acids is 1. The average molecular weight is 372 g/mol. The molecule has 1 amide bonds. The number of nitrogens with one attached hydrogen (secondary N) is 1. The summed E-state index contributed by atoms with van der Waals surface area (Å²) in [7, 11) is 0. The second-order valence-corrected chi connectivity index (χ2v) is 7.84. The van der Waals surface area contributed by atoms with Crippen LogP contribution in [0.3, 0.4) is 0 Å². The Kier molecular flexibility index (Phi) is 5.26. The molecule has 26 heavy (non-hydrogen) atoms. The summed E-state index contributed by atoms with van der Waals surface area (Å²) in [6.45, 7) is 1.38.